The number of carbonyl (C=O) groups excluding carboxylic acids is 3. The van der Waals surface area contributed by atoms with E-state index in [0.717, 1.165) is 22.2 Å². The molecule has 0 saturated heterocycles. The molecule has 0 saturated carbocycles. The minimum Gasteiger partial charge on any atom is -0.323 e. The van der Waals surface area contributed by atoms with E-state index in [1.54, 1.807) is 36.7 Å². The Morgan fingerprint density at radius 3 is 2.41 bits per heavy atom. The van der Waals surface area contributed by atoms with Crippen molar-refractivity contribution >= 4 is 45.8 Å². The van der Waals surface area contributed by atoms with Crippen molar-refractivity contribution in [3.8, 4) is 11.1 Å². The molecule has 0 aliphatic rings. The van der Waals surface area contributed by atoms with Crippen LogP contribution in [0, 0.1) is 0 Å². The number of fused-ring (bicyclic) bond motifs is 1. The zero-order chi connectivity index (χ0) is 28.8. The number of benzene rings is 3. The van der Waals surface area contributed by atoms with Crippen molar-refractivity contribution in [1.82, 2.24) is 15.2 Å². The van der Waals surface area contributed by atoms with Crippen molar-refractivity contribution < 1.29 is 14.4 Å². The Bertz CT molecular complexity index is 1730. The van der Waals surface area contributed by atoms with Crippen LogP contribution in [0.2, 0.25) is 0 Å². The number of nitrogens with two attached hydrogens (primary N) is 1. The first-order valence-electron chi connectivity index (χ1n) is 12.8. The standard InChI is InChI=1S/C31H27N7O3/c1-2-28(39)34-23-11-8-20(9-12-23)30(40)36-29-25-16-21(10-13-27(25)37-38-29)22-15-24(18-33-17-22)35-31(41)26(32)14-19-6-4-3-5-7-19/h2-13,15-18,26H,1,14,32H2,(H,34,39)(H,35,41)(H2,36,37,38,40)/t26-/m0/s1. The average molecular weight is 546 g/mol. The predicted molar refractivity (Wildman–Crippen MR) is 159 cm³/mol. The summed E-state index contributed by atoms with van der Waals surface area (Å²) in [4.78, 5) is 41.4. The van der Waals surface area contributed by atoms with Crippen LogP contribution in [0.5, 0.6) is 0 Å². The number of H-pyrrole nitrogens is 1. The largest absolute Gasteiger partial charge is 0.323 e. The monoisotopic (exact) mass is 545 g/mol. The Morgan fingerprint density at radius 1 is 0.878 bits per heavy atom. The van der Waals surface area contributed by atoms with Gasteiger partial charge in [-0.2, -0.15) is 5.10 Å². The summed E-state index contributed by atoms with van der Waals surface area (Å²) in [5.74, 6) is -0.640. The number of pyridine rings is 1. The zero-order valence-electron chi connectivity index (χ0n) is 21.9. The van der Waals surface area contributed by atoms with Crippen molar-refractivity contribution in [2.45, 2.75) is 12.5 Å². The summed E-state index contributed by atoms with van der Waals surface area (Å²) in [7, 11) is 0. The second-order valence-electron chi connectivity index (χ2n) is 9.31. The smallest absolute Gasteiger partial charge is 0.256 e. The van der Waals surface area contributed by atoms with Gasteiger partial charge < -0.3 is 21.7 Å². The van der Waals surface area contributed by atoms with E-state index in [1.165, 1.54) is 6.08 Å². The number of carbonyl (C=O) groups is 3. The number of nitrogens with one attached hydrogen (secondary N) is 4. The van der Waals surface area contributed by atoms with Crippen molar-refractivity contribution in [3.05, 3.63) is 115 Å². The molecule has 0 aliphatic heterocycles. The number of amides is 3. The number of anilines is 3. The first kappa shape index (κ1) is 27.0. The third-order valence-corrected chi connectivity index (χ3v) is 6.37. The molecule has 0 radical (unpaired) electrons. The molecule has 2 aromatic heterocycles. The minimum atomic E-state index is -0.711. The number of aromatic amines is 1. The van der Waals surface area contributed by atoms with Crippen LogP contribution in [-0.2, 0) is 16.0 Å². The molecule has 41 heavy (non-hydrogen) atoms. The average Bonchev–Trinajstić information content (AvgIpc) is 3.39. The molecular weight excluding hydrogens is 518 g/mol. The molecule has 6 N–H and O–H groups in total. The zero-order valence-corrected chi connectivity index (χ0v) is 21.9. The third-order valence-electron chi connectivity index (χ3n) is 6.37. The van der Waals surface area contributed by atoms with Gasteiger partial charge in [0.05, 0.1) is 23.4 Å². The van der Waals surface area contributed by atoms with E-state index in [9.17, 15) is 14.4 Å². The number of nitrogens with zero attached hydrogens (tertiary/aromatic N) is 2. The molecule has 10 heteroatoms. The summed E-state index contributed by atoms with van der Waals surface area (Å²) < 4.78 is 0. The third kappa shape index (κ3) is 6.52. The van der Waals surface area contributed by atoms with Crippen LogP contribution < -0.4 is 21.7 Å². The van der Waals surface area contributed by atoms with Crippen LogP contribution in [0.4, 0.5) is 17.2 Å². The van der Waals surface area contributed by atoms with Gasteiger partial charge in [-0.3, -0.25) is 24.5 Å². The fraction of sp³-hybridized carbons (Fsp3) is 0.0645. The van der Waals surface area contributed by atoms with Gasteiger partial charge in [0, 0.05) is 28.4 Å². The van der Waals surface area contributed by atoms with Crippen LogP contribution in [0.3, 0.4) is 0 Å². The van der Waals surface area contributed by atoms with E-state index in [0.29, 0.717) is 34.6 Å². The Kier molecular flexibility index (Phi) is 7.93. The summed E-state index contributed by atoms with van der Waals surface area (Å²) in [5.41, 5.74) is 10.9. The molecule has 1 atom stereocenters. The molecule has 10 nitrogen and oxygen atoms in total. The predicted octanol–water partition coefficient (Wildman–Crippen LogP) is 4.51. The summed E-state index contributed by atoms with van der Waals surface area (Å²) in [5, 5.41) is 16.2. The Balaban J connectivity index is 1.30. The lowest BCUT2D eigenvalue weighted by atomic mass is 10.0. The van der Waals surface area contributed by atoms with E-state index in [-0.39, 0.29) is 17.7 Å². The lowest BCUT2D eigenvalue weighted by Gasteiger charge is -2.13. The van der Waals surface area contributed by atoms with E-state index in [2.05, 4.69) is 37.7 Å². The van der Waals surface area contributed by atoms with Crippen LogP contribution in [0.25, 0.3) is 22.0 Å². The topological polar surface area (TPSA) is 155 Å². The van der Waals surface area contributed by atoms with Gasteiger partial charge in [0.2, 0.25) is 11.8 Å². The molecule has 5 aromatic rings. The van der Waals surface area contributed by atoms with Crippen LogP contribution >= 0.6 is 0 Å². The van der Waals surface area contributed by atoms with Crippen molar-refractivity contribution in [2.24, 2.45) is 5.73 Å². The van der Waals surface area contributed by atoms with E-state index < -0.39 is 6.04 Å². The maximum absolute atomic E-state index is 12.9. The molecule has 0 aliphatic carbocycles. The normalized spacial score (nSPS) is 11.4. The fourth-order valence-corrected chi connectivity index (χ4v) is 4.23. The Labute approximate surface area is 235 Å². The van der Waals surface area contributed by atoms with Crippen LogP contribution in [0.15, 0.2) is 104 Å². The Hall–Kier alpha value is -5.61. The van der Waals surface area contributed by atoms with Crippen LogP contribution in [-0.4, -0.2) is 38.9 Å². The van der Waals surface area contributed by atoms with Gasteiger partial charge in [-0.05, 0) is 66.1 Å². The molecule has 0 spiro atoms. The molecule has 5 rings (SSSR count). The highest BCUT2D eigenvalue weighted by molar-refractivity contribution is 6.08. The minimum absolute atomic E-state index is 0.306. The molecule has 3 aromatic carbocycles. The van der Waals surface area contributed by atoms with Crippen molar-refractivity contribution in [1.29, 1.82) is 0 Å². The van der Waals surface area contributed by atoms with Gasteiger partial charge in [0.15, 0.2) is 5.82 Å². The highest BCUT2D eigenvalue weighted by Gasteiger charge is 2.16. The molecule has 3 amide bonds. The fourth-order valence-electron chi connectivity index (χ4n) is 4.23. The number of aromatic nitrogens is 3. The molecular formula is C31H27N7O3. The first-order valence-corrected chi connectivity index (χ1v) is 12.8. The molecule has 0 fully saturated rings. The quantitative estimate of drug-likeness (QED) is 0.172. The van der Waals surface area contributed by atoms with Gasteiger partial charge >= 0.3 is 0 Å². The Morgan fingerprint density at radius 2 is 1.66 bits per heavy atom. The molecule has 204 valence electrons. The number of rotatable bonds is 9. The molecule has 2 heterocycles. The second kappa shape index (κ2) is 12.1. The van der Waals surface area contributed by atoms with Crippen molar-refractivity contribution in [3.63, 3.8) is 0 Å². The van der Waals surface area contributed by atoms with E-state index in [4.69, 9.17) is 5.73 Å². The second-order valence-corrected chi connectivity index (χ2v) is 9.31. The highest BCUT2D eigenvalue weighted by atomic mass is 16.2. The molecule has 0 unspecified atom stereocenters. The molecule has 0 bridgehead atoms. The van der Waals surface area contributed by atoms with Gasteiger partial charge in [0.25, 0.3) is 5.91 Å². The number of hydrogen-bond donors (Lipinski definition) is 5. The lowest BCUT2D eigenvalue weighted by molar-refractivity contribution is -0.117. The summed E-state index contributed by atoms with van der Waals surface area (Å²) >= 11 is 0. The maximum Gasteiger partial charge on any atom is 0.256 e. The SMILES string of the molecule is C=CC(=O)Nc1ccc(C(=O)Nc2n[nH]c3ccc(-c4cncc(NC(=O)[C@@H](N)Cc5ccccc5)c4)cc23)cc1. The highest BCUT2D eigenvalue weighted by Crippen LogP contribution is 2.29. The summed E-state index contributed by atoms with van der Waals surface area (Å²) in [6.45, 7) is 3.42. The number of hydrogen-bond acceptors (Lipinski definition) is 6. The maximum atomic E-state index is 12.9. The van der Waals surface area contributed by atoms with Gasteiger partial charge in [-0.25, -0.2) is 0 Å². The van der Waals surface area contributed by atoms with E-state index >= 15 is 0 Å². The van der Waals surface area contributed by atoms with Gasteiger partial charge in [-0.1, -0.05) is 43.0 Å². The first-order chi connectivity index (χ1) is 19.9. The lowest BCUT2D eigenvalue weighted by Crippen LogP contribution is -2.37. The van der Waals surface area contributed by atoms with E-state index in [1.807, 2.05) is 54.6 Å². The van der Waals surface area contributed by atoms with Crippen molar-refractivity contribution in [2.75, 3.05) is 16.0 Å². The summed E-state index contributed by atoms with van der Waals surface area (Å²) in [6, 6.07) is 22.8. The van der Waals surface area contributed by atoms with Crippen LogP contribution in [0.1, 0.15) is 15.9 Å². The summed E-state index contributed by atoms with van der Waals surface area (Å²) in [6.07, 6.45) is 4.84. The van der Waals surface area contributed by atoms with Gasteiger partial charge in [0.1, 0.15) is 0 Å². The van der Waals surface area contributed by atoms with Gasteiger partial charge in [-0.15, -0.1) is 0 Å².